The molecule has 27 heavy (non-hydrogen) atoms. The van der Waals surface area contributed by atoms with E-state index in [0.717, 1.165) is 15.6 Å². The van der Waals surface area contributed by atoms with Crippen molar-refractivity contribution in [2.75, 3.05) is 6.61 Å². The van der Waals surface area contributed by atoms with Crippen molar-refractivity contribution >= 4 is 33.0 Å². The Morgan fingerprint density at radius 2 is 1.89 bits per heavy atom. The van der Waals surface area contributed by atoms with Crippen LogP contribution in [0.25, 0.3) is 17.0 Å². The van der Waals surface area contributed by atoms with Crippen molar-refractivity contribution < 1.29 is 22.3 Å². The van der Waals surface area contributed by atoms with Crippen LogP contribution in [0.2, 0.25) is 0 Å². The molecule has 0 amide bonds. The molecule has 0 aliphatic heterocycles. The molecule has 0 spiro atoms. The zero-order chi connectivity index (χ0) is 19.6. The lowest BCUT2D eigenvalue weighted by molar-refractivity contribution is -0.137. The first kappa shape index (κ1) is 18.8. The molecule has 140 valence electrons. The highest BCUT2D eigenvalue weighted by Gasteiger charge is 2.21. The van der Waals surface area contributed by atoms with Crippen molar-refractivity contribution in [3.8, 4) is 0 Å². The minimum atomic E-state index is -3.93. The number of ether oxygens (including phenoxy) is 1. The fourth-order valence-corrected chi connectivity index (χ4v) is 4.07. The normalized spacial score (nSPS) is 12.0. The summed E-state index contributed by atoms with van der Waals surface area (Å²) in [5, 5.41) is 0.507. The summed E-state index contributed by atoms with van der Waals surface area (Å²) in [6.45, 7) is 3.78. The van der Waals surface area contributed by atoms with Gasteiger partial charge in [-0.3, -0.25) is 0 Å². The number of carbonyl (C=O) groups is 1. The predicted octanol–water partition coefficient (Wildman–Crippen LogP) is 3.90. The fourth-order valence-electron chi connectivity index (χ4n) is 2.70. The molecular weight excluding hydrogens is 369 g/mol. The number of aryl methyl sites for hydroxylation is 1. The summed E-state index contributed by atoms with van der Waals surface area (Å²) in [7, 11) is -3.93. The predicted molar refractivity (Wildman–Crippen MR) is 101 cm³/mol. The van der Waals surface area contributed by atoms with Gasteiger partial charge in [-0.1, -0.05) is 17.7 Å². The van der Waals surface area contributed by atoms with E-state index in [4.69, 9.17) is 4.74 Å². The maximum absolute atomic E-state index is 13.8. The summed E-state index contributed by atoms with van der Waals surface area (Å²) >= 11 is 0. The average Bonchev–Trinajstić information content (AvgIpc) is 2.99. The molecule has 3 aromatic rings. The van der Waals surface area contributed by atoms with Crippen LogP contribution in [0, 0.1) is 12.7 Å². The lowest BCUT2D eigenvalue weighted by Gasteiger charge is -2.08. The van der Waals surface area contributed by atoms with Crippen LogP contribution in [0.1, 0.15) is 18.1 Å². The molecule has 0 saturated heterocycles. The molecule has 2 aromatic carbocycles. The van der Waals surface area contributed by atoms with E-state index in [2.05, 4.69) is 0 Å². The van der Waals surface area contributed by atoms with Gasteiger partial charge >= 0.3 is 5.97 Å². The third-order valence-corrected chi connectivity index (χ3v) is 5.72. The van der Waals surface area contributed by atoms with Gasteiger partial charge in [-0.15, -0.1) is 0 Å². The number of nitrogens with zero attached hydrogens (tertiary/aromatic N) is 1. The smallest absolute Gasteiger partial charge is 0.330 e. The van der Waals surface area contributed by atoms with Gasteiger partial charge in [-0.25, -0.2) is 21.6 Å². The van der Waals surface area contributed by atoms with Crippen molar-refractivity contribution in [3.63, 3.8) is 0 Å². The lowest BCUT2D eigenvalue weighted by Crippen LogP contribution is -2.11. The molecule has 0 aliphatic rings. The Hall–Kier alpha value is -2.93. The molecule has 0 atom stereocenters. The van der Waals surface area contributed by atoms with E-state index in [-0.39, 0.29) is 17.0 Å². The minimum Gasteiger partial charge on any atom is -0.463 e. The summed E-state index contributed by atoms with van der Waals surface area (Å²) in [5.41, 5.74) is 1.59. The molecule has 3 rings (SSSR count). The Bertz CT molecular complexity index is 1130. The summed E-state index contributed by atoms with van der Waals surface area (Å²) in [4.78, 5) is 11.7. The van der Waals surface area contributed by atoms with Crippen LogP contribution < -0.4 is 0 Å². The Morgan fingerprint density at radius 1 is 1.19 bits per heavy atom. The standard InChI is InChI=1S/C20H18FNO4S/c1-3-26-20(23)11-6-15-13-22(19-12-16(21)7-10-18(15)19)27(24,25)17-8-4-14(2)5-9-17/h4-13H,3H2,1-2H3. The van der Waals surface area contributed by atoms with Gasteiger partial charge in [0.05, 0.1) is 17.0 Å². The number of halogens is 1. The molecule has 0 saturated carbocycles. The van der Waals surface area contributed by atoms with Crippen LogP contribution in [0.3, 0.4) is 0 Å². The number of aromatic nitrogens is 1. The van der Waals surface area contributed by atoms with E-state index in [1.165, 1.54) is 42.6 Å². The van der Waals surface area contributed by atoms with E-state index in [9.17, 15) is 17.6 Å². The van der Waals surface area contributed by atoms with Crippen molar-refractivity contribution in [3.05, 3.63) is 71.7 Å². The minimum absolute atomic E-state index is 0.0928. The third kappa shape index (κ3) is 3.78. The van der Waals surface area contributed by atoms with Gasteiger partial charge in [0.1, 0.15) is 5.82 Å². The molecule has 0 radical (unpaired) electrons. The first-order valence-corrected chi connectivity index (χ1v) is 9.74. The molecule has 1 heterocycles. The number of esters is 1. The Labute approximate surface area is 156 Å². The quantitative estimate of drug-likeness (QED) is 0.492. The lowest BCUT2D eigenvalue weighted by atomic mass is 10.1. The molecular formula is C20H18FNO4S. The number of carbonyl (C=O) groups excluding carboxylic acids is 1. The van der Waals surface area contributed by atoms with E-state index in [1.807, 2.05) is 6.92 Å². The van der Waals surface area contributed by atoms with Crippen LogP contribution >= 0.6 is 0 Å². The second-order valence-corrected chi connectivity index (χ2v) is 7.76. The van der Waals surface area contributed by atoms with Gasteiger partial charge in [0, 0.05) is 23.2 Å². The summed E-state index contributed by atoms with van der Waals surface area (Å²) in [5.74, 6) is -1.09. The van der Waals surface area contributed by atoms with Gasteiger partial charge in [0.25, 0.3) is 10.0 Å². The number of rotatable bonds is 5. The molecule has 7 heteroatoms. The first-order valence-electron chi connectivity index (χ1n) is 8.30. The van der Waals surface area contributed by atoms with Gasteiger partial charge < -0.3 is 4.74 Å². The van der Waals surface area contributed by atoms with Gasteiger partial charge in [-0.2, -0.15) is 0 Å². The molecule has 0 bridgehead atoms. The molecule has 5 nitrogen and oxygen atoms in total. The number of benzene rings is 2. The zero-order valence-electron chi connectivity index (χ0n) is 14.8. The number of hydrogen-bond donors (Lipinski definition) is 0. The molecule has 0 aliphatic carbocycles. The second kappa shape index (κ2) is 7.36. The summed E-state index contributed by atoms with van der Waals surface area (Å²) in [6, 6.07) is 10.3. The van der Waals surface area contributed by atoms with Gasteiger partial charge in [0.2, 0.25) is 0 Å². The third-order valence-electron chi connectivity index (χ3n) is 4.03. The van der Waals surface area contributed by atoms with Crippen molar-refractivity contribution in [1.29, 1.82) is 0 Å². The van der Waals surface area contributed by atoms with Crippen LogP contribution in [0.15, 0.2) is 59.6 Å². The maximum Gasteiger partial charge on any atom is 0.330 e. The maximum atomic E-state index is 13.8. The highest BCUT2D eigenvalue weighted by atomic mass is 32.2. The number of hydrogen-bond acceptors (Lipinski definition) is 4. The Morgan fingerprint density at radius 3 is 2.56 bits per heavy atom. The molecule has 1 aromatic heterocycles. The van der Waals surface area contributed by atoms with E-state index in [1.54, 1.807) is 19.1 Å². The Balaban J connectivity index is 2.17. The second-order valence-electron chi connectivity index (χ2n) is 5.95. The van der Waals surface area contributed by atoms with Gasteiger partial charge in [0.15, 0.2) is 0 Å². The highest BCUT2D eigenvalue weighted by Crippen LogP contribution is 2.28. The van der Waals surface area contributed by atoms with E-state index < -0.39 is 21.8 Å². The average molecular weight is 387 g/mol. The van der Waals surface area contributed by atoms with Gasteiger partial charge in [-0.05, 0) is 50.3 Å². The summed E-state index contributed by atoms with van der Waals surface area (Å²) < 4.78 is 45.7. The monoisotopic (exact) mass is 387 g/mol. The molecule has 0 fully saturated rings. The van der Waals surface area contributed by atoms with Crippen LogP contribution in [0.4, 0.5) is 4.39 Å². The molecule has 0 unspecified atom stereocenters. The topological polar surface area (TPSA) is 65.4 Å². The largest absolute Gasteiger partial charge is 0.463 e. The zero-order valence-corrected chi connectivity index (χ0v) is 15.7. The number of fused-ring (bicyclic) bond motifs is 1. The molecule has 0 N–H and O–H groups in total. The highest BCUT2D eigenvalue weighted by molar-refractivity contribution is 7.90. The van der Waals surface area contributed by atoms with Crippen molar-refractivity contribution in [1.82, 2.24) is 3.97 Å². The SMILES string of the molecule is CCOC(=O)C=Cc1cn(S(=O)(=O)c2ccc(C)cc2)c2cc(F)ccc12. The van der Waals surface area contributed by atoms with E-state index in [0.29, 0.717) is 10.9 Å². The summed E-state index contributed by atoms with van der Waals surface area (Å²) in [6.07, 6.45) is 4.04. The van der Waals surface area contributed by atoms with Crippen LogP contribution in [0.5, 0.6) is 0 Å². The van der Waals surface area contributed by atoms with Crippen LogP contribution in [-0.2, 0) is 19.6 Å². The van der Waals surface area contributed by atoms with Crippen LogP contribution in [-0.4, -0.2) is 25.0 Å². The van der Waals surface area contributed by atoms with Crippen molar-refractivity contribution in [2.45, 2.75) is 18.7 Å². The Kier molecular flexibility index (Phi) is 5.14. The van der Waals surface area contributed by atoms with Crippen molar-refractivity contribution in [2.24, 2.45) is 0 Å². The van der Waals surface area contributed by atoms with E-state index >= 15 is 0 Å². The first-order chi connectivity index (χ1) is 12.8. The fraction of sp³-hybridized carbons (Fsp3) is 0.150.